The third-order valence-corrected chi connectivity index (χ3v) is 5.07. The lowest BCUT2D eigenvalue weighted by Gasteiger charge is -2.30. The zero-order chi connectivity index (χ0) is 12.7. The van der Waals surface area contributed by atoms with Crippen LogP contribution in [-0.4, -0.2) is 23.3 Å². The number of thioether (sulfide) groups is 1. The lowest BCUT2D eigenvalue weighted by molar-refractivity contribution is 0.524. The molecule has 0 spiro atoms. The van der Waals surface area contributed by atoms with Crippen LogP contribution < -0.4 is 0 Å². The molecule has 0 nitrogen and oxygen atoms in total. The van der Waals surface area contributed by atoms with Crippen molar-refractivity contribution in [2.24, 2.45) is 0 Å². The summed E-state index contributed by atoms with van der Waals surface area (Å²) in [6.07, 6.45) is 1.00. The van der Waals surface area contributed by atoms with E-state index in [4.69, 9.17) is 34.8 Å². The van der Waals surface area contributed by atoms with Crippen molar-refractivity contribution in [1.82, 2.24) is 0 Å². The summed E-state index contributed by atoms with van der Waals surface area (Å²) in [5.74, 6) is 3.30. The minimum Gasteiger partial charge on any atom is -0.162 e. The third-order valence-electron chi connectivity index (χ3n) is 2.90. The Hall–Kier alpha value is 0.440. The predicted octanol–water partition coefficient (Wildman–Crippen LogP) is 5.20. The van der Waals surface area contributed by atoms with Crippen molar-refractivity contribution in [3.63, 3.8) is 0 Å². The van der Waals surface area contributed by atoms with Gasteiger partial charge in [0.05, 0.1) is 0 Å². The number of rotatable bonds is 7. The first-order chi connectivity index (χ1) is 8.18. The Bertz CT molecular complexity index is 320. The van der Waals surface area contributed by atoms with Gasteiger partial charge in [-0.2, -0.15) is 11.8 Å². The van der Waals surface area contributed by atoms with Crippen LogP contribution in [0.15, 0.2) is 24.3 Å². The van der Waals surface area contributed by atoms with Crippen molar-refractivity contribution in [3.8, 4) is 0 Å². The Morgan fingerprint density at radius 2 is 1.71 bits per heavy atom. The van der Waals surface area contributed by atoms with E-state index in [1.165, 1.54) is 5.56 Å². The summed E-state index contributed by atoms with van der Waals surface area (Å²) in [6.45, 7) is 2.16. The molecule has 0 radical (unpaired) electrons. The molecule has 0 N–H and O–H groups in total. The number of benzene rings is 1. The van der Waals surface area contributed by atoms with Crippen LogP contribution in [0.4, 0.5) is 0 Å². The first-order valence-electron chi connectivity index (χ1n) is 5.64. The quantitative estimate of drug-likeness (QED) is 0.493. The molecule has 1 aromatic carbocycles. The highest BCUT2D eigenvalue weighted by Crippen LogP contribution is 2.33. The molecule has 0 unspecified atom stereocenters. The summed E-state index contributed by atoms with van der Waals surface area (Å²) in [5, 5.41) is 0.745. The average Bonchev–Trinajstić information content (AvgIpc) is 2.37. The van der Waals surface area contributed by atoms with E-state index in [0.29, 0.717) is 11.8 Å². The van der Waals surface area contributed by atoms with Gasteiger partial charge in [0, 0.05) is 22.2 Å². The minimum atomic E-state index is -0.129. The molecular formula is C13H17Cl3S. The standard InChI is InChI=1S/C13H17Cl3S/c1-2-17-8-7-13(9-14,10-15)11-3-5-12(16)6-4-11/h3-6H,2,7-10H2,1H3. The molecule has 0 aliphatic rings. The van der Waals surface area contributed by atoms with Crippen LogP contribution in [0.3, 0.4) is 0 Å². The highest BCUT2D eigenvalue weighted by molar-refractivity contribution is 7.99. The molecular weight excluding hydrogens is 295 g/mol. The zero-order valence-corrected chi connectivity index (χ0v) is 13.0. The van der Waals surface area contributed by atoms with E-state index in [2.05, 4.69) is 6.92 Å². The first kappa shape index (κ1) is 15.5. The lowest BCUT2D eigenvalue weighted by Crippen LogP contribution is -2.31. The minimum absolute atomic E-state index is 0.129. The van der Waals surface area contributed by atoms with Gasteiger partial charge in [-0.05, 0) is 35.6 Å². The molecule has 0 saturated heterocycles. The summed E-state index contributed by atoms with van der Waals surface area (Å²) in [7, 11) is 0. The van der Waals surface area contributed by atoms with Crippen LogP contribution in [0.5, 0.6) is 0 Å². The maximum atomic E-state index is 6.15. The fraction of sp³-hybridized carbons (Fsp3) is 0.538. The van der Waals surface area contributed by atoms with Crippen LogP contribution in [0, 0.1) is 0 Å². The largest absolute Gasteiger partial charge is 0.162 e. The van der Waals surface area contributed by atoms with Crippen LogP contribution >= 0.6 is 46.6 Å². The van der Waals surface area contributed by atoms with Gasteiger partial charge in [0.1, 0.15) is 0 Å². The Labute approximate surface area is 123 Å². The van der Waals surface area contributed by atoms with Crippen LogP contribution in [0.2, 0.25) is 5.02 Å². The normalized spacial score (nSPS) is 11.8. The van der Waals surface area contributed by atoms with Crippen molar-refractivity contribution in [2.75, 3.05) is 23.3 Å². The number of alkyl halides is 2. The molecule has 0 bridgehead atoms. The van der Waals surface area contributed by atoms with E-state index in [1.54, 1.807) is 0 Å². The highest BCUT2D eigenvalue weighted by Gasteiger charge is 2.30. The Morgan fingerprint density at radius 3 is 2.18 bits per heavy atom. The number of hydrogen-bond acceptors (Lipinski definition) is 1. The molecule has 1 aromatic rings. The molecule has 0 atom stereocenters. The van der Waals surface area contributed by atoms with Gasteiger partial charge in [-0.3, -0.25) is 0 Å². The van der Waals surface area contributed by atoms with Gasteiger partial charge >= 0.3 is 0 Å². The molecule has 1 rings (SSSR count). The second kappa shape index (κ2) is 7.78. The first-order valence-corrected chi connectivity index (χ1v) is 8.24. The van der Waals surface area contributed by atoms with Gasteiger partial charge in [0.15, 0.2) is 0 Å². The molecule has 0 saturated carbocycles. The summed E-state index contributed by atoms with van der Waals surface area (Å²) in [5.41, 5.74) is 1.05. The second-order valence-electron chi connectivity index (χ2n) is 4.00. The fourth-order valence-corrected chi connectivity index (χ4v) is 3.49. The molecule has 17 heavy (non-hydrogen) atoms. The van der Waals surface area contributed by atoms with Crippen LogP contribution in [-0.2, 0) is 5.41 Å². The molecule has 0 heterocycles. The maximum Gasteiger partial charge on any atom is 0.0406 e. The average molecular weight is 312 g/mol. The van der Waals surface area contributed by atoms with Crippen molar-refractivity contribution < 1.29 is 0 Å². The number of hydrogen-bond donors (Lipinski definition) is 0. The van der Waals surface area contributed by atoms with E-state index in [1.807, 2.05) is 36.0 Å². The van der Waals surface area contributed by atoms with Gasteiger partial charge in [-0.25, -0.2) is 0 Å². The topological polar surface area (TPSA) is 0 Å². The van der Waals surface area contributed by atoms with Gasteiger partial charge in [-0.15, -0.1) is 23.2 Å². The third kappa shape index (κ3) is 4.24. The van der Waals surface area contributed by atoms with E-state index < -0.39 is 0 Å². The Morgan fingerprint density at radius 1 is 1.12 bits per heavy atom. The smallest absolute Gasteiger partial charge is 0.0406 e. The summed E-state index contributed by atoms with van der Waals surface area (Å²) >= 11 is 20.1. The van der Waals surface area contributed by atoms with E-state index in [9.17, 15) is 0 Å². The molecule has 96 valence electrons. The van der Waals surface area contributed by atoms with Crippen LogP contribution in [0.25, 0.3) is 0 Å². The summed E-state index contributed by atoms with van der Waals surface area (Å²) in [6, 6.07) is 7.86. The molecule has 0 aliphatic heterocycles. The monoisotopic (exact) mass is 310 g/mol. The van der Waals surface area contributed by atoms with Crippen molar-refractivity contribution in [3.05, 3.63) is 34.9 Å². The van der Waals surface area contributed by atoms with Gasteiger partial charge < -0.3 is 0 Å². The zero-order valence-electron chi connectivity index (χ0n) is 9.89. The molecule has 0 aliphatic carbocycles. The molecule has 4 heteroatoms. The summed E-state index contributed by atoms with van der Waals surface area (Å²) < 4.78 is 0. The van der Waals surface area contributed by atoms with Crippen molar-refractivity contribution in [2.45, 2.75) is 18.8 Å². The molecule has 0 amide bonds. The lowest BCUT2D eigenvalue weighted by atomic mass is 9.82. The maximum absolute atomic E-state index is 6.15. The van der Waals surface area contributed by atoms with E-state index >= 15 is 0 Å². The van der Waals surface area contributed by atoms with Gasteiger partial charge in [-0.1, -0.05) is 30.7 Å². The highest BCUT2D eigenvalue weighted by atomic mass is 35.5. The van der Waals surface area contributed by atoms with Crippen molar-refractivity contribution in [1.29, 1.82) is 0 Å². The SMILES string of the molecule is CCSCCC(CCl)(CCl)c1ccc(Cl)cc1. The Kier molecular flexibility index (Phi) is 7.10. The summed E-state index contributed by atoms with van der Waals surface area (Å²) in [4.78, 5) is 0. The van der Waals surface area contributed by atoms with Gasteiger partial charge in [0.2, 0.25) is 0 Å². The van der Waals surface area contributed by atoms with Gasteiger partial charge in [0.25, 0.3) is 0 Å². The van der Waals surface area contributed by atoms with Crippen molar-refractivity contribution >= 4 is 46.6 Å². The number of halogens is 3. The predicted molar refractivity (Wildman–Crippen MR) is 82.2 cm³/mol. The Balaban J connectivity index is 2.85. The molecule has 0 fully saturated rings. The fourth-order valence-electron chi connectivity index (χ4n) is 1.68. The van der Waals surface area contributed by atoms with E-state index in [0.717, 1.165) is 22.9 Å². The molecule has 0 aromatic heterocycles. The second-order valence-corrected chi connectivity index (χ2v) is 6.37. The van der Waals surface area contributed by atoms with E-state index in [-0.39, 0.29) is 5.41 Å². The van der Waals surface area contributed by atoms with Crippen LogP contribution in [0.1, 0.15) is 18.9 Å².